The Morgan fingerprint density at radius 1 is 0.818 bits per heavy atom. The second-order valence-corrected chi connectivity index (χ2v) is 14.5. The van der Waals surface area contributed by atoms with Gasteiger partial charge in [-0.3, -0.25) is 0 Å². The van der Waals surface area contributed by atoms with E-state index in [1.54, 1.807) is 0 Å². The zero-order valence-electron chi connectivity index (χ0n) is 22.1. The van der Waals surface area contributed by atoms with Crippen molar-refractivity contribution in [1.29, 1.82) is 0 Å². The van der Waals surface area contributed by atoms with Crippen LogP contribution in [0.15, 0.2) is 12.2 Å². The van der Waals surface area contributed by atoms with Gasteiger partial charge >= 0.3 is 0 Å². The minimum atomic E-state index is -0.152. The number of fused-ring (bicyclic) bond motifs is 7. The van der Waals surface area contributed by atoms with Crippen LogP contribution >= 0.6 is 0 Å². The lowest BCUT2D eigenvalue weighted by atomic mass is 9.32. The van der Waals surface area contributed by atoms with E-state index in [-0.39, 0.29) is 28.9 Å². The summed E-state index contributed by atoms with van der Waals surface area (Å²) in [5, 5.41) is 21.2. The maximum absolute atomic E-state index is 10.7. The molecule has 3 nitrogen and oxygen atoms in total. The number of aliphatic hydroxyl groups is 2. The first-order valence-corrected chi connectivity index (χ1v) is 14.1. The highest BCUT2D eigenvalue weighted by atomic mass is 16.3. The Labute approximate surface area is 203 Å². The molecule has 0 spiro atoms. The van der Waals surface area contributed by atoms with Crippen LogP contribution in [0.25, 0.3) is 0 Å². The Kier molecular flexibility index (Phi) is 5.57. The molecule has 4 N–H and O–H groups in total. The molecule has 5 aliphatic rings. The minimum absolute atomic E-state index is 0.117. The fraction of sp³-hybridized carbons (Fsp3) is 0.933. The summed E-state index contributed by atoms with van der Waals surface area (Å²) in [4.78, 5) is 0. The van der Waals surface area contributed by atoms with Gasteiger partial charge < -0.3 is 15.9 Å². The molecule has 0 amide bonds. The van der Waals surface area contributed by atoms with Crippen molar-refractivity contribution in [3.05, 3.63) is 12.2 Å². The zero-order chi connectivity index (χ0) is 24.0. The number of aliphatic hydroxyl groups excluding tert-OH is 2. The van der Waals surface area contributed by atoms with Crippen LogP contribution < -0.4 is 5.73 Å². The molecule has 188 valence electrons. The molecule has 0 radical (unpaired) electrons. The van der Waals surface area contributed by atoms with Crippen LogP contribution in [0.5, 0.6) is 0 Å². The monoisotopic (exact) mass is 457 g/mol. The quantitative estimate of drug-likeness (QED) is 0.460. The van der Waals surface area contributed by atoms with E-state index in [4.69, 9.17) is 5.73 Å². The molecule has 0 aromatic rings. The molecule has 11 atom stereocenters. The van der Waals surface area contributed by atoms with Crippen molar-refractivity contribution in [3.63, 3.8) is 0 Å². The highest BCUT2D eigenvalue weighted by Gasteiger charge is 2.70. The SMILES string of the molecule is C=C(C)[C@@H]1CC[C@]2(CO)CC[C@]3(C)[C@H](CC[C@@H]4[C@@]5(C)CCC(N)C(C)(CO)[C@@H]5CC[C@]43C)[C@@H]12. The van der Waals surface area contributed by atoms with Crippen molar-refractivity contribution in [2.24, 2.45) is 62.4 Å². The summed E-state index contributed by atoms with van der Waals surface area (Å²) in [6, 6.07) is 0.117. The van der Waals surface area contributed by atoms with Crippen molar-refractivity contribution >= 4 is 0 Å². The predicted molar refractivity (Wildman–Crippen MR) is 135 cm³/mol. The minimum Gasteiger partial charge on any atom is -0.396 e. The number of rotatable bonds is 3. The summed E-state index contributed by atoms with van der Waals surface area (Å²) in [7, 11) is 0. The lowest BCUT2D eigenvalue weighted by molar-refractivity contribution is -0.244. The summed E-state index contributed by atoms with van der Waals surface area (Å²) in [6.45, 7) is 17.4. The maximum Gasteiger partial charge on any atom is 0.0502 e. The van der Waals surface area contributed by atoms with Gasteiger partial charge in [-0.25, -0.2) is 0 Å². The Hall–Kier alpha value is -0.380. The van der Waals surface area contributed by atoms with Crippen molar-refractivity contribution in [2.45, 2.75) is 105 Å². The molecule has 0 aliphatic heterocycles. The molecule has 2 unspecified atom stereocenters. The maximum atomic E-state index is 10.7. The van der Waals surface area contributed by atoms with Crippen LogP contribution in [0.2, 0.25) is 0 Å². The molecule has 5 saturated carbocycles. The summed E-state index contributed by atoms with van der Waals surface area (Å²) >= 11 is 0. The fourth-order valence-electron chi connectivity index (χ4n) is 11.6. The van der Waals surface area contributed by atoms with Gasteiger partial charge in [0.2, 0.25) is 0 Å². The zero-order valence-corrected chi connectivity index (χ0v) is 22.1. The standard InChI is InChI=1S/C30H51NO2/c1-19(2)20-9-14-30(18-33)16-15-28(5)21(25(20)30)7-8-23-26(3)12-11-24(31)27(4,17-32)22(26)10-13-29(23,28)6/h20-25,32-33H,1,7-18,31H2,2-6H3/t20-,21+,22+,23+,24?,25+,26-,27?,28+,29+,30+/m0/s1. The van der Waals surface area contributed by atoms with Gasteiger partial charge in [-0.1, -0.05) is 39.8 Å². The normalized spacial score (nSPS) is 58.1. The van der Waals surface area contributed by atoms with Gasteiger partial charge in [-0.2, -0.15) is 0 Å². The molecular formula is C30H51NO2. The van der Waals surface area contributed by atoms with Gasteiger partial charge in [-0.05, 0) is 122 Å². The highest BCUT2D eigenvalue weighted by Crippen LogP contribution is 2.77. The van der Waals surface area contributed by atoms with E-state index in [0.717, 1.165) is 6.42 Å². The van der Waals surface area contributed by atoms with Gasteiger partial charge in [0.1, 0.15) is 0 Å². The van der Waals surface area contributed by atoms with Gasteiger partial charge in [0, 0.05) is 18.1 Å². The van der Waals surface area contributed by atoms with Crippen molar-refractivity contribution in [1.82, 2.24) is 0 Å². The number of hydrogen-bond donors (Lipinski definition) is 3. The van der Waals surface area contributed by atoms with E-state index in [2.05, 4.69) is 41.2 Å². The number of nitrogens with two attached hydrogens (primary N) is 1. The number of hydrogen-bond acceptors (Lipinski definition) is 3. The van der Waals surface area contributed by atoms with Gasteiger partial charge in [-0.15, -0.1) is 0 Å². The van der Waals surface area contributed by atoms with Crippen LogP contribution in [0, 0.1) is 56.7 Å². The molecular weight excluding hydrogens is 406 g/mol. The van der Waals surface area contributed by atoms with E-state index < -0.39 is 0 Å². The largest absolute Gasteiger partial charge is 0.396 e. The Morgan fingerprint density at radius 3 is 2.18 bits per heavy atom. The lowest BCUT2D eigenvalue weighted by Crippen LogP contribution is -2.68. The third-order valence-corrected chi connectivity index (χ3v) is 13.8. The highest BCUT2D eigenvalue weighted by molar-refractivity contribution is 5.21. The molecule has 0 bridgehead atoms. The first-order chi connectivity index (χ1) is 15.4. The Bertz CT molecular complexity index is 811. The lowest BCUT2D eigenvalue weighted by Gasteiger charge is -2.73. The van der Waals surface area contributed by atoms with Crippen LogP contribution in [-0.2, 0) is 0 Å². The second-order valence-electron chi connectivity index (χ2n) is 14.5. The summed E-state index contributed by atoms with van der Waals surface area (Å²) in [6.07, 6.45) is 12.2. The van der Waals surface area contributed by atoms with E-state index >= 15 is 0 Å². The molecule has 3 heteroatoms. The molecule has 0 saturated heterocycles. The topological polar surface area (TPSA) is 66.5 Å². The molecule has 5 rings (SSSR count). The van der Waals surface area contributed by atoms with Gasteiger partial charge in [0.05, 0.1) is 6.61 Å². The Morgan fingerprint density at radius 2 is 1.55 bits per heavy atom. The van der Waals surface area contributed by atoms with Crippen LogP contribution in [0.4, 0.5) is 0 Å². The van der Waals surface area contributed by atoms with E-state index in [0.29, 0.717) is 47.0 Å². The molecule has 0 aromatic carbocycles. The van der Waals surface area contributed by atoms with Crippen molar-refractivity contribution in [2.75, 3.05) is 13.2 Å². The second kappa shape index (κ2) is 7.56. The van der Waals surface area contributed by atoms with Gasteiger partial charge in [0.25, 0.3) is 0 Å². The average molecular weight is 458 g/mol. The summed E-state index contributed by atoms with van der Waals surface area (Å²) in [5.41, 5.74) is 8.90. The van der Waals surface area contributed by atoms with Crippen LogP contribution in [0.1, 0.15) is 98.8 Å². The first-order valence-electron chi connectivity index (χ1n) is 14.1. The molecule has 0 aromatic heterocycles. The van der Waals surface area contributed by atoms with E-state index in [1.165, 1.54) is 63.4 Å². The van der Waals surface area contributed by atoms with E-state index in [9.17, 15) is 10.2 Å². The molecule has 5 aliphatic carbocycles. The summed E-state index contributed by atoms with van der Waals surface area (Å²) < 4.78 is 0. The van der Waals surface area contributed by atoms with Crippen molar-refractivity contribution in [3.8, 4) is 0 Å². The smallest absolute Gasteiger partial charge is 0.0502 e. The fourth-order valence-corrected chi connectivity index (χ4v) is 11.6. The van der Waals surface area contributed by atoms with Crippen LogP contribution in [-0.4, -0.2) is 29.5 Å². The van der Waals surface area contributed by atoms with Crippen molar-refractivity contribution < 1.29 is 10.2 Å². The third kappa shape index (κ3) is 2.85. The summed E-state index contributed by atoms with van der Waals surface area (Å²) in [5.74, 6) is 3.10. The first kappa shape index (κ1) is 24.3. The molecule has 33 heavy (non-hydrogen) atoms. The molecule has 0 heterocycles. The predicted octanol–water partition coefficient (Wildman–Crippen LogP) is 5.94. The number of allylic oxidation sites excluding steroid dienone is 1. The average Bonchev–Trinajstić information content (AvgIpc) is 3.17. The van der Waals surface area contributed by atoms with Crippen LogP contribution in [0.3, 0.4) is 0 Å². The third-order valence-electron chi connectivity index (χ3n) is 13.8. The Balaban J connectivity index is 1.55. The molecule has 5 fully saturated rings. The van der Waals surface area contributed by atoms with E-state index in [1.807, 2.05) is 0 Å². The van der Waals surface area contributed by atoms with Gasteiger partial charge in [0.15, 0.2) is 0 Å².